The number of pyridine rings is 1. The van der Waals surface area contributed by atoms with Gasteiger partial charge in [-0.15, -0.1) is 0 Å². The first kappa shape index (κ1) is 35.1. The average Bonchev–Trinajstić information content (AvgIpc) is 3.03. The number of esters is 1. The molecular formula is C36H46F3NO4. The highest BCUT2D eigenvalue weighted by Gasteiger charge is 2.36. The van der Waals surface area contributed by atoms with Crippen molar-refractivity contribution in [3.8, 4) is 28.1 Å². The molecule has 3 aromatic rings. The van der Waals surface area contributed by atoms with Gasteiger partial charge in [-0.05, 0) is 68.5 Å². The van der Waals surface area contributed by atoms with Gasteiger partial charge in [-0.3, -0.25) is 4.98 Å². The molecule has 1 heterocycles. The van der Waals surface area contributed by atoms with Crippen LogP contribution in [-0.2, 0) is 9.47 Å². The lowest BCUT2D eigenvalue weighted by molar-refractivity contribution is -0.214. The fourth-order valence-electron chi connectivity index (χ4n) is 4.67. The van der Waals surface area contributed by atoms with Crippen LogP contribution in [0.3, 0.4) is 0 Å². The summed E-state index contributed by atoms with van der Waals surface area (Å²) >= 11 is 0. The van der Waals surface area contributed by atoms with Gasteiger partial charge >= 0.3 is 12.1 Å². The first-order valence-electron chi connectivity index (χ1n) is 15.9. The number of carbonyl (C=O) groups is 1. The molecule has 0 aliphatic heterocycles. The molecule has 0 amide bonds. The zero-order valence-corrected chi connectivity index (χ0v) is 26.0. The molecule has 240 valence electrons. The zero-order chi connectivity index (χ0) is 31.6. The van der Waals surface area contributed by atoms with Crippen LogP contribution in [0, 0.1) is 0 Å². The van der Waals surface area contributed by atoms with Crippen LogP contribution in [-0.4, -0.2) is 43.1 Å². The molecule has 2 aromatic carbocycles. The number of aromatic nitrogens is 1. The van der Waals surface area contributed by atoms with Crippen LogP contribution < -0.4 is 4.74 Å². The Hall–Kier alpha value is -3.39. The molecule has 0 radical (unpaired) electrons. The van der Waals surface area contributed by atoms with E-state index in [1.807, 2.05) is 54.7 Å². The third kappa shape index (κ3) is 12.7. The van der Waals surface area contributed by atoms with Gasteiger partial charge < -0.3 is 14.2 Å². The maximum atomic E-state index is 12.4. The molecular weight excluding hydrogens is 567 g/mol. The number of alkyl halides is 3. The third-order valence-corrected chi connectivity index (χ3v) is 7.48. The average molecular weight is 614 g/mol. The Bertz CT molecular complexity index is 1210. The predicted octanol–water partition coefficient (Wildman–Crippen LogP) is 10.2. The minimum Gasteiger partial charge on any atom is -0.494 e. The summed E-state index contributed by atoms with van der Waals surface area (Å²) in [4.78, 5) is 17.0. The second-order valence-electron chi connectivity index (χ2n) is 11.1. The lowest BCUT2D eigenvalue weighted by atomic mass is 10.0. The molecule has 1 aromatic heterocycles. The van der Waals surface area contributed by atoms with Crippen LogP contribution in [0.5, 0.6) is 5.75 Å². The number of halogens is 3. The Labute approximate surface area is 260 Å². The first-order valence-corrected chi connectivity index (χ1v) is 15.9. The van der Waals surface area contributed by atoms with E-state index in [1.54, 1.807) is 12.1 Å². The van der Waals surface area contributed by atoms with Gasteiger partial charge in [-0.25, -0.2) is 4.79 Å². The van der Waals surface area contributed by atoms with Crippen molar-refractivity contribution >= 4 is 5.97 Å². The van der Waals surface area contributed by atoms with Crippen LogP contribution in [0.4, 0.5) is 13.2 Å². The lowest BCUT2D eigenvalue weighted by Crippen LogP contribution is -2.28. The molecule has 5 nitrogen and oxygen atoms in total. The molecule has 0 aliphatic carbocycles. The Morgan fingerprint density at radius 1 is 0.705 bits per heavy atom. The molecule has 0 fully saturated rings. The molecule has 44 heavy (non-hydrogen) atoms. The Morgan fingerprint density at radius 2 is 1.27 bits per heavy atom. The molecule has 0 saturated heterocycles. The van der Waals surface area contributed by atoms with E-state index < -0.39 is 18.2 Å². The van der Waals surface area contributed by atoms with E-state index in [2.05, 4.69) is 11.9 Å². The van der Waals surface area contributed by atoms with E-state index in [4.69, 9.17) is 14.2 Å². The van der Waals surface area contributed by atoms with Crippen LogP contribution >= 0.6 is 0 Å². The molecule has 0 N–H and O–H groups in total. The van der Waals surface area contributed by atoms with Crippen LogP contribution in [0.25, 0.3) is 22.4 Å². The van der Waals surface area contributed by atoms with Crippen molar-refractivity contribution in [2.45, 2.75) is 96.8 Å². The highest BCUT2D eigenvalue weighted by Crippen LogP contribution is 2.25. The van der Waals surface area contributed by atoms with Crippen molar-refractivity contribution in [2.24, 2.45) is 0 Å². The highest BCUT2D eigenvalue weighted by molar-refractivity contribution is 5.90. The Balaban J connectivity index is 1.35. The molecule has 3 rings (SSSR count). The lowest BCUT2D eigenvalue weighted by Gasteiger charge is -2.16. The summed E-state index contributed by atoms with van der Waals surface area (Å²) < 4.78 is 53.3. The number of carbonyl (C=O) groups excluding carboxylic acids is 1. The standard InChI is InChI=1S/C36H46F3NO4/c1-3-4-5-6-7-8-12-25-43-33-21-18-29(19-22-33)32-20-23-34(40-27-32)30-14-16-31(17-15-30)35(41)44-26-13-10-9-11-24-42-28(2)36(37,38)39/h14-23,27-28H,3-13,24-26H2,1-2H3. The van der Waals surface area contributed by atoms with Gasteiger partial charge in [0.1, 0.15) is 5.75 Å². The highest BCUT2D eigenvalue weighted by atomic mass is 19.4. The van der Waals surface area contributed by atoms with E-state index in [1.165, 1.54) is 38.5 Å². The minimum absolute atomic E-state index is 0.0619. The van der Waals surface area contributed by atoms with Gasteiger partial charge in [0.05, 0.1) is 24.5 Å². The van der Waals surface area contributed by atoms with Crippen molar-refractivity contribution < 1.29 is 32.2 Å². The second kappa shape index (κ2) is 19.1. The third-order valence-electron chi connectivity index (χ3n) is 7.48. The van der Waals surface area contributed by atoms with Gasteiger partial charge in [-0.2, -0.15) is 13.2 Å². The predicted molar refractivity (Wildman–Crippen MR) is 169 cm³/mol. The summed E-state index contributed by atoms with van der Waals surface area (Å²) in [6.45, 7) is 4.31. The number of benzene rings is 2. The van der Waals surface area contributed by atoms with Gasteiger partial charge in [0.25, 0.3) is 0 Å². The number of unbranched alkanes of at least 4 members (excludes halogenated alkanes) is 9. The number of nitrogens with zero attached hydrogens (tertiary/aromatic N) is 1. The molecule has 0 spiro atoms. The van der Waals surface area contributed by atoms with E-state index in [0.717, 1.165) is 54.5 Å². The monoisotopic (exact) mass is 613 g/mol. The van der Waals surface area contributed by atoms with Crippen molar-refractivity contribution in [2.75, 3.05) is 19.8 Å². The minimum atomic E-state index is -4.33. The van der Waals surface area contributed by atoms with Gasteiger partial charge in [0, 0.05) is 23.9 Å². The van der Waals surface area contributed by atoms with Crippen molar-refractivity contribution in [3.63, 3.8) is 0 Å². The largest absolute Gasteiger partial charge is 0.494 e. The number of hydrogen-bond donors (Lipinski definition) is 0. The molecule has 1 unspecified atom stereocenters. The first-order chi connectivity index (χ1) is 21.3. The van der Waals surface area contributed by atoms with Crippen molar-refractivity contribution in [1.82, 2.24) is 4.98 Å². The molecule has 0 aliphatic rings. The van der Waals surface area contributed by atoms with Crippen LogP contribution in [0.2, 0.25) is 0 Å². The summed E-state index contributed by atoms with van der Waals surface area (Å²) in [5, 5.41) is 0. The fourth-order valence-corrected chi connectivity index (χ4v) is 4.67. The molecule has 0 bridgehead atoms. The van der Waals surface area contributed by atoms with E-state index in [9.17, 15) is 18.0 Å². The number of ether oxygens (including phenoxy) is 3. The SMILES string of the molecule is CCCCCCCCCOc1ccc(-c2ccc(-c3ccc(C(=O)OCCCCCCOC(C)C(F)(F)F)cc3)nc2)cc1. The number of rotatable bonds is 20. The molecule has 8 heteroatoms. The van der Waals surface area contributed by atoms with Crippen molar-refractivity contribution in [1.29, 1.82) is 0 Å². The zero-order valence-electron chi connectivity index (χ0n) is 26.0. The fraction of sp³-hybridized carbons (Fsp3) is 0.500. The summed E-state index contributed by atoms with van der Waals surface area (Å²) in [5.41, 5.74) is 4.22. The molecule has 0 saturated carbocycles. The Kier molecular flexibility index (Phi) is 15.2. The summed E-state index contributed by atoms with van der Waals surface area (Å²) in [6, 6.07) is 19.2. The maximum absolute atomic E-state index is 12.4. The number of hydrogen-bond acceptors (Lipinski definition) is 5. The molecule has 1 atom stereocenters. The quantitative estimate of drug-likeness (QED) is 0.0937. The summed E-state index contributed by atoms with van der Waals surface area (Å²) in [5.74, 6) is 0.475. The van der Waals surface area contributed by atoms with Crippen LogP contribution in [0.1, 0.15) is 94.8 Å². The van der Waals surface area contributed by atoms with Gasteiger partial charge in [0.15, 0.2) is 6.10 Å². The van der Waals surface area contributed by atoms with Crippen LogP contribution in [0.15, 0.2) is 66.9 Å². The summed E-state index contributed by atoms with van der Waals surface area (Å²) in [7, 11) is 0. The topological polar surface area (TPSA) is 57.7 Å². The van der Waals surface area contributed by atoms with Gasteiger partial charge in [0.2, 0.25) is 0 Å². The smallest absolute Gasteiger partial charge is 0.414 e. The normalized spacial score (nSPS) is 12.2. The Morgan fingerprint density at radius 3 is 1.89 bits per heavy atom. The van der Waals surface area contributed by atoms with Crippen molar-refractivity contribution in [3.05, 3.63) is 72.4 Å². The summed E-state index contributed by atoms with van der Waals surface area (Å²) in [6.07, 6.45) is 7.23. The second-order valence-corrected chi connectivity index (χ2v) is 11.1. The van der Waals surface area contributed by atoms with E-state index in [0.29, 0.717) is 24.8 Å². The van der Waals surface area contributed by atoms with E-state index in [-0.39, 0.29) is 13.2 Å². The van der Waals surface area contributed by atoms with E-state index >= 15 is 0 Å². The maximum Gasteiger partial charge on any atom is 0.414 e. The van der Waals surface area contributed by atoms with Gasteiger partial charge in [-0.1, -0.05) is 82.2 Å².